The highest BCUT2D eigenvalue weighted by atomic mass is 19.1. The van der Waals surface area contributed by atoms with Crippen molar-refractivity contribution in [3.8, 4) is 6.07 Å². The van der Waals surface area contributed by atoms with E-state index in [-0.39, 0.29) is 11.3 Å². The zero-order valence-corrected chi connectivity index (χ0v) is 12.2. The second kappa shape index (κ2) is 5.96. The summed E-state index contributed by atoms with van der Waals surface area (Å²) in [5, 5.41) is 18.5. The minimum absolute atomic E-state index is 0.0191. The first kappa shape index (κ1) is 15.7. The van der Waals surface area contributed by atoms with E-state index in [1.807, 2.05) is 0 Å². The molecule has 0 spiro atoms. The third kappa shape index (κ3) is 3.90. The van der Waals surface area contributed by atoms with Crippen molar-refractivity contribution in [2.75, 3.05) is 37.6 Å². The van der Waals surface area contributed by atoms with E-state index in [9.17, 15) is 13.9 Å². The molecule has 2 rings (SSSR count). The average Bonchev–Trinajstić information content (AvgIpc) is 2.38. The number of nitrogens with zero attached hydrogens (tertiary/aromatic N) is 3. The molecule has 114 valence electrons. The van der Waals surface area contributed by atoms with Gasteiger partial charge in [0.2, 0.25) is 0 Å². The molecule has 0 unspecified atom stereocenters. The lowest BCUT2D eigenvalue weighted by Crippen LogP contribution is -2.50. The van der Waals surface area contributed by atoms with Gasteiger partial charge in [0.15, 0.2) is 11.6 Å². The monoisotopic (exact) mass is 295 g/mol. The first-order valence-electron chi connectivity index (χ1n) is 6.89. The highest BCUT2D eigenvalue weighted by Crippen LogP contribution is 2.26. The smallest absolute Gasteiger partial charge is 0.150 e. The van der Waals surface area contributed by atoms with Crippen LogP contribution in [0.2, 0.25) is 0 Å². The number of anilines is 1. The van der Waals surface area contributed by atoms with E-state index < -0.39 is 17.2 Å². The van der Waals surface area contributed by atoms with Crippen LogP contribution in [0.25, 0.3) is 0 Å². The Labute approximate surface area is 123 Å². The van der Waals surface area contributed by atoms with Crippen LogP contribution in [0.1, 0.15) is 19.4 Å². The maximum absolute atomic E-state index is 14.0. The minimum atomic E-state index is -0.785. The third-order valence-corrected chi connectivity index (χ3v) is 3.45. The van der Waals surface area contributed by atoms with Crippen LogP contribution in [0.3, 0.4) is 0 Å². The van der Waals surface area contributed by atoms with Crippen molar-refractivity contribution in [2.45, 2.75) is 19.4 Å². The fourth-order valence-electron chi connectivity index (χ4n) is 2.61. The summed E-state index contributed by atoms with van der Waals surface area (Å²) in [6.45, 7) is 6.22. The van der Waals surface area contributed by atoms with E-state index in [1.165, 1.54) is 0 Å². The highest BCUT2D eigenvalue weighted by Gasteiger charge is 2.25. The average molecular weight is 295 g/mol. The number of piperazine rings is 1. The number of rotatable bonds is 3. The Balaban J connectivity index is 2.08. The van der Waals surface area contributed by atoms with Crippen LogP contribution >= 0.6 is 0 Å². The standard InChI is InChI=1S/C15H19F2N3O/c1-15(2,21)10-19-3-5-20(6-4-19)14-12(16)7-11(9-18)8-13(14)17/h7-8,21H,3-6,10H2,1-2H3. The summed E-state index contributed by atoms with van der Waals surface area (Å²) in [6, 6.07) is 3.85. The predicted octanol–water partition coefficient (Wildman–Crippen LogP) is 1.73. The summed E-state index contributed by atoms with van der Waals surface area (Å²) in [6.07, 6.45) is 0. The molecule has 0 aromatic heterocycles. The van der Waals surface area contributed by atoms with Gasteiger partial charge in [-0.2, -0.15) is 5.26 Å². The lowest BCUT2D eigenvalue weighted by molar-refractivity contribution is 0.0344. The predicted molar refractivity (Wildman–Crippen MR) is 76.0 cm³/mol. The van der Waals surface area contributed by atoms with Gasteiger partial charge in [0.1, 0.15) is 5.69 Å². The van der Waals surface area contributed by atoms with Gasteiger partial charge in [-0.15, -0.1) is 0 Å². The van der Waals surface area contributed by atoms with Crippen molar-refractivity contribution >= 4 is 5.69 Å². The molecule has 0 aliphatic carbocycles. The molecule has 6 heteroatoms. The summed E-state index contributed by atoms with van der Waals surface area (Å²) < 4.78 is 27.9. The van der Waals surface area contributed by atoms with Gasteiger partial charge in [0.25, 0.3) is 0 Å². The van der Waals surface area contributed by atoms with Crippen LogP contribution in [0.5, 0.6) is 0 Å². The fraction of sp³-hybridized carbons (Fsp3) is 0.533. The second-order valence-corrected chi connectivity index (χ2v) is 5.98. The van der Waals surface area contributed by atoms with E-state index >= 15 is 0 Å². The Hall–Kier alpha value is -1.71. The van der Waals surface area contributed by atoms with Gasteiger partial charge in [-0.05, 0) is 26.0 Å². The van der Waals surface area contributed by atoms with Gasteiger partial charge in [0, 0.05) is 32.7 Å². The Morgan fingerprint density at radius 3 is 2.14 bits per heavy atom. The van der Waals surface area contributed by atoms with Gasteiger partial charge in [-0.1, -0.05) is 0 Å². The maximum Gasteiger partial charge on any atom is 0.150 e. The largest absolute Gasteiger partial charge is 0.389 e. The molecule has 1 aromatic carbocycles. The molecule has 21 heavy (non-hydrogen) atoms. The van der Waals surface area contributed by atoms with Gasteiger partial charge >= 0.3 is 0 Å². The van der Waals surface area contributed by atoms with Gasteiger partial charge in [-0.25, -0.2) is 8.78 Å². The van der Waals surface area contributed by atoms with Crippen molar-refractivity contribution in [2.24, 2.45) is 0 Å². The molecular weight excluding hydrogens is 276 g/mol. The Morgan fingerprint density at radius 1 is 1.19 bits per heavy atom. The molecule has 1 aliphatic rings. The highest BCUT2D eigenvalue weighted by molar-refractivity contribution is 5.53. The number of β-amino-alcohol motifs (C(OH)–C–C–N with tert-alkyl or cyclic N) is 1. The molecule has 1 aromatic rings. The van der Waals surface area contributed by atoms with Crippen LogP contribution < -0.4 is 4.90 Å². The van der Waals surface area contributed by atoms with Crippen LogP contribution in [0, 0.1) is 23.0 Å². The van der Waals surface area contributed by atoms with Crippen LogP contribution in [0.4, 0.5) is 14.5 Å². The topological polar surface area (TPSA) is 50.5 Å². The van der Waals surface area contributed by atoms with Crippen molar-refractivity contribution in [1.82, 2.24) is 4.90 Å². The lowest BCUT2D eigenvalue weighted by atomic mass is 10.1. The van der Waals surface area contributed by atoms with Crippen molar-refractivity contribution in [3.63, 3.8) is 0 Å². The van der Waals surface area contributed by atoms with E-state index in [1.54, 1.807) is 24.8 Å². The molecule has 0 atom stereocenters. The van der Waals surface area contributed by atoms with Crippen molar-refractivity contribution in [1.29, 1.82) is 5.26 Å². The SMILES string of the molecule is CC(C)(O)CN1CCN(c2c(F)cc(C#N)cc2F)CC1. The van der Waals surface area contributed by atoms with Crippen molar-refractivity contribution in [3.05, 3.63) is 29.3 Å². The first-order chi connectivity index (χ1) is 9.80. The third-order valence-electron chi connectivity index (χ3n) is 3.45. The van der Waals surface area contributed by atoms with Crippen LogP contribution in [0.15, 0.2) is 12.1 Å². The number of halogens is 2. The molecule has 0 amide bonds. The van der Waals surface area contributed by atoms with Gasteiger partial charge in [-0.3, -0.25) is 4.90 Å². The molecular formula is C15H19F2N3O. The second-order valence-electron chi connectivity index (χ2n) is 5.98. The molecule has 0 saturated carbocycles. The van der Waals surface area contributed by atoms with Gasteiger partial charge < -0.3 is 10.0 Å². The molecule has 0 bridgehead atoms. The molecule has 1 fully saturated rings. The molecule has 1 heterocycles. The number of nitriles is 1. The number of hydrogen-bond donors (Lipinski definition) is 1. The number of aliphatic hydroxyl groups is 1. The molecule has 1 aliphatic heterocycles. The number of hydrogen-bond acceptors (Lipinski definition) is 4. The van der Waals surface area contributed by atoms with Crippen LogP contribution in [-0.2, 0) is 0 Å². The number of benzene rings is 1. The van der Waals surface area contributed by atoms with E-state index in [4.69, 9.17) is 5.26 Å². The van der Waals surface area contributed by atoms with E-state index in [0.717, 1.165) is 12.1 Å². The van der Waals surface area contributed by atoms with E-state index in [2.05, 4.69) is 4.90 Å². The Morgan fingerprint density at radius 2 is 1.71 bits per heavy atom. The fourth-order valence-corrected chi connectivity index (χ4v) is 2.61. The van der Waals surface area contributed by atoms with E-state index in [0.29, 0.717) is 32.7 Å². The normalized spacial score (nSPS) is 16.9. The Kier molecular flexibility index (Phi) is 4.45. The summed E-state index contributed by atoms with van der Waals surface area (Å²) in [5.41, 5.74) is -0.876. The zero-order chi connectivity index (χ0) is 15.6. The first-order valence-corrected chi connectivity index (χ1v) is 6.89. The summed E-state index contributed by atoms with van der Waals surface area (Å²) in [7, 11) is 0. The molecule has 1 saturated heterocycles. The molecule has 4 nitrogen and oxygen atoms in total. The lowest BCUT2D eigenvalue weighted by Gasteiger charge is -2.38. The minimum Gasteiger partial charge on any atom is -0.389 e. The zero-order valence-electron chi connectivity index (χ0n) is 12.2. The molecule has 1 N–H and O–H groups in total. The van der Waals surface area contributed by atoms with Gasteiger partial charge in [0.05, 0.1) is 17.2 Å². The summed E-state index contributed by atoms with van der Waals surface area (Å²) in [5.74, 6) is -1.41. The summed E-state index contributed by atoms with van der Waals surface area (Å²) >= 11 is 0. The molecule has 0 radical (unpaired) electrons. The quantitative estimate of drug-likeness (QED) is 0.922. The van der Waals surface area contributed by atoms with Crippen molar-refractivity contribution < 1.29 is 13.9 Å². The van der Waals surface area contributed by atoms with Crippen LogP contribution in [-0.4, -0.2) is 48.3 Å². The maximum atomic E-state index is 14.0. The summed E-state index contributed by atoms with van der Waals surface area (Å²) in [4.78, 5) is 3.71. The Bertz CT molecular complexity index is 532.